The Morgan fingerprint density at radius 2 is 1.90 bits per heavy atom. The first-order chi connectivity index (χ1) is 9.66. The summed E-state index contributed by atoms with van der Waals surface area (Å²) in [5, 5.41) is 0.510. The summed E-state index contributed by atoms with van der Waals surface area (Å²) in [6.07, 6.45) is 3.91. The predicted octanol–water partition coefficient (Wildman–Crippen LogP) is 2.18. The number of benzene rings is 1. The topological polar surface area (TPSA) is 56.1 Å². The summed E-state index contributed by atoms with van der Waals surface area (Å²) < 4.78 is 1.76. The highest BCUT2D eigenvalue weighted by Gasteiger charge is 2.23. The fourth-order valence-electron chi connectivity index (χ4n) is 2.78. The molecule has 0 amide bonds. The van der Waals surface area contributed by atoms with Gasteiger partial charge in [0, 0.05) is 10.6 Å². The van der Waals surface area contributed by atoms with Gasteiger partial charge in [0.2, 0.25) is 0 Å². The summed E-state index contributed by atoms with van der Waals surface area (Å²) in [5.41, 5.74) is -0.351. The van der Waals surface area contributed by atoms with Crippen LogP contribution in [0.3, 0.4) is 0 Å². The lowest BCUT2D eigenvalue weighted by atomic mass is 10.0. The molecule has 0 spiro atoms. The highest BCUT2D eigenvalue weighted by atomic mass is 32.1. The van der Waals surface area contributed by atoms with E-state index in [0.717, 1.165) is 41.6 Å². The Kier molecular flexibility index (Phi) is 3.53. The van der Waals surface area contributed by atoms with Gasteiger partial charge in [0.1, 0.15) is 0 Å². The van der Waals surface area contributed by atoms with E-state index in [-0.39, 0.29) is 28.7 Å². The van der Waals surface area contributed by atoms with Crippen molar-refractivity contribution in [1.82, 2.24) is 4.57 Å². The number of Topliss-reactive ketones (excluding diaryl/α,β-unsaturated/α-hetero) is 1. The molecule has 0 atom stereocenters. The summed E-state index contributed by atoms with van der Waals surface area (Å²) in [6.45, 7) is -0.0797. The van der Waals surface area contributed by atoms with Crippen molar-refractivity contribution in [2.24, 2.45) is 5.92 Å². The minimum Gasteiger partial charge on any atom is -0.297 e. The van der Waals surface area contributed by atoms with Crippen molar-refractivity contribution >= 4 is 27.2 Å². The highest BCUT2D eigenvalue weighted by molar-refractivity contribution is 7.16. The van der Waals surface area contributed by atoms with Crippen molar-refractivity contribution in [2.75, 3.05) is 0 Å². The summed E-state index contributed by atoms with van der Waals surface area (Å²) in [7, 11) is 0. The first-order valence-electron chi connectivity index (χ1n) is 6.82. The molecule has 1 aromatic carbocycles. The van der Waals surface area contributed by atoms with Crippen LogP contribution < -0.4 is 10.4 Å². The zero-order chi connectivity index (χ0) is 14.1. The van der Waals surface area contributed by atoms with Gasteiger partial charge in [0.05, 0.1) is 11.9 Å². The molecule has 1 aliphatic carbocycles. The van der Waals surface area contributed by atoms with Gasteiger partial charge in [-0.2, -0.15) is 0 Å². The van der Waals surface area contributed by atoms with Gasteiger partial charge in [0.25, 0.3) is 5.56 Å². The van der Waals surface area contributed by atoms with E-state index in [2.05, 4.69) is 0 Å². The number of rotatable bonds is 3. The summed E-state index contributed by atoms with van der Waals surface area (Å²) in [4.78, 5) is 36.2. The number of nitrogens with zero attached hydrogens (tertiary/aromatic N) is 1. The summed E-state index contributed by atoms with van der Waals surface area (Å²) in [5.74, 6) is 0.0435. The van der Waals surface area contributed by atoms with E-state index in [1.165, 1.54) is 0 Å². The number of aromatic nitrogens is 1. The molecule has 0 saturated heterocycles. The Labute approximate surface area is 119 Å². The van der Waals surface area contributed by atoms with Gasteiger partial charge in [-0.25, -0.2) is 0 Å². The van der Waals surface area contributed by atoms with Crippen LogP contribution in [-0.4, -0.2) is 10.4 Å². The monoisotopic (exact) mass is 289 g/mol. The van der Waals surface area contributed by atoms with Crippen LogP contribution >= 0.6 is 11.3 Å². The second-order valence-corrected chi connectivity index (χ2v) is 6.20. The Hall–Kier alpha value is -1.75. The SMILES string of the molecule is O=C(Cn1c(=O)sc2ccccc2c1=O)C1CCCC1. The van der Waals surface area contributed by atoms with Crippen molar-refractivity contribution in [3.05, 3.63) is 44.3 Å². The molecule has 0 bridgehead atoms. The molecule has 0 aliphatic heterocycles. The second-order valence-electron chi connectivity index (χ2n) is 5.20. The molecule has 20 heavy (non-hydrogen) atoms. The molecule has 4 nitrogen and oxygen atoms in total. The minimum absolute atomic E-state index is 0.0178. The third-order valence-corrected chi connectivity index (χ3v) is 4.88. The van der Waals surface area contributed by atoms with E-state index in [1.807, 2.05) is 0 Å². The third kappa shape index (κ3) is 2.33. The fourth-order valence-corrected chi connectivity index (χ4v) is 3.64. The molecule has 1 aromatic heterocycles. The molecule has 1 fully saturated rings. The Morgan fingerprint density at radius 3 is 2.65 bits per heavy atom. The molecular formula is C15H15NO3S. The van der Waals surface area contributed by atoms with Crippen LogP contribution in [0.2, 0.25) is 0 Å². The van der Waals surface area contributed by atoms with Crippen LogP contribution in [0.4, 0.5) is 0 Å². The van der Waals surface area contributed by atoms with E-state index in [4.69, 9.17) is 0 Å². The van der Waals surface area contributed by atoms with Crippen molar-refractivity contribution < 1.29 is 4.79 Å². The third-order valence-electron chi connectivity index (χ3n) is 3.90. The van der Waals surface area contributed by atoms with E-state index >= 15 is 0 Å². The van der Waals surface area contributed by atoms with E-state index in [0.29, 0.717) is 10.1 Å². The smallest absolute Gasteiger partial charge is 0.297 e. The zero-order valence-electron chi connectivity index (χ0n) is 11.0. The van der Waals surface area contributed by atoms with Crippen LogP contribution in [0, 0.1) is 5.92 Å². The average Bonchev–Trinajstić information content (AvgIpc) is 2.97. The molecule has 1 saturated carbocycles. The molecule has 0 radical (unpaired) electrons. The van der Waals surface area contributed by atoms with Gasteiger partial charge in [-0.3, -0.25) is 19.0 Å². The maximum Gasteiger partial charge on any atom is 0.310 e. The summed E-state index contributed by atoms with van der Waals surface area (Å²) >= 11 is 1.02. The van der Waals surface area contributed by atoms with Gasteiger partial charge >= 0.3 is 4.87 Å². The van der Waals surface area contributed by atoms with Crippen molar-refractivity contribution in [2.45, 2.75) is 32.2 Å². The lowest BCUT2D eigenvalue weighted by Gasteiger charge is -2.09. The Morgan fingerprint density at radius 1 is 1.20 bits per heavy atom. The van der Waals surface area contributed by atoms with Gasteiger partial charge in [-0.15, -0.1) is 0 Å². The van der Waals surface area contributed by atoms with Gasteiger partial charge < -0.3 is 0 Å². The standard InChI is InChI=1S/C15H15NO3S/c17-12(10-5-1-2-6-10)9-16-14(18)11-7-3-4-8-13(11)20-15(16)19/h3-4,7-8,10H,1-2,5-6,9H2. The largest absolute Gasteiger partial charge is 0.310 e. The molecule has 0 unspecified atom stereocenters. The van der Waals surface area contributed by atoms with Crippen molar-refractivity contribution in [3.63, 3.8) is 0 Å². The van der Waals surface area contributed by atoms with Crippen LogP contribution in [0.15, 0.2) is 33.9 Å². The fraction of sp³-hybridized carbons (Fsp3) is 0.400. The zero-order valence-corrected chi connectivity index (χ0v) is 11.8. The first kappa shape index (κ1) is 13.2. The van der Waals surface area contributed by atoms with Gasteiger partial charge in [0.15, 0.2) is 5.78 Å². The molecule has 1 heterocycles. The number of fused-ring (bicyclic) bond motifs is 1. The van der Waals surface area contributed by atoms with Crippen LogP contribution in [-0.2, 0) is 11.3 Å². The minimum atomic E-state index is -0.351. The number of carbonyl (C=O) groups is 1. The molecular weight excluding hydrogens is 274 g/mol. The maximum atomic E-state index is 12.3. The lowest BCUT2D eigenvalue weighted by Crippen LogP contribution is -2.35. The quantitative estimate of drug-likeness (QED) is 0.870. The van der Waals surface area contributed by atoms with Crippen molar-refractivity contribution in [1.29, 1.82) is 0 Å². The van der Waals surface area contributed by atoms with Crippen LogP contribution in [0.5, 0.6) is 0 Å². The molecule has 5 heteroatoms. The van der Waals surface area contributed by atoms with E-state index in [1.54, 1.807) is 24.3 Å². The highest BCUT2D eigenvalue weighted by Crippen LogP contribution is 2.25. The Balaban J connectivity index is 2.01. The van der Waals surface area contributed by atoms with Crippen LogP contribution in [0.1, 0.15) is 25.7 Å². The van der Waals surface area contributed by atoms with Crippen LogP contribution in [0.25, 0.3) is 10.1 Å². The number of hydrogen-bond donors (Lipinski definition) is 0. The van der Waals surface area contributed by atoms with Gasteiger partial charge in [-0.05, 0) is 25.0 Å². The van der Waals surface area contributed by atoms with E-state index in [9.17, 15) is 14.4 Å². The lowest BCUT2D eigenvalue weighted by molar-refractivity contribution is -0.123. The normalized spacial score (nSPS) is 15.8. The average molecular weight is 289 g/mol. The number of hydrogen-bond acceptors (Lipinski definition) is 4. The maximum absolute atomic E-state index is 12.3. The summed E-state index contributed by atoms with van der Waals surface area (Å²) in [6, 6.07) is 7.02. The molecule has 2 aromatic rings. The molecule has 1 aliphatic rings. The molecule has 0 N–H and O–H groups in total. The van der Waals surface area contributed by atoms with E-state index < -0.39 is 0 Å². The first-order valence-corrected chi connectivity index (χ1v) is 7.64. The predicted molar refractivity (Wildman–Crippen MR) is 79.3 cm³/mol. The molecule has 3 rings (SSSR count). The number of ketones is 1. The van der Waals surface area contributed by atoms with Gasteiger partial charge in [-0.1, -0.05) is 36.3 Å². The Bertz CT molecular complexity index is 769. The molecule has 104 valence electrons. The second kappa shape index (κ2) is 5.32. The van der Waals surface area contributed by atoms with Crippen molar-refractivity contribution in [3.8, 4) is 0 Å². The number of carbonyl (C=O) groups excluding carboxylic acids is 1.